The Bertz CT molecular complexity index is 4680. The minimum absolute atomic E-state index is 0.0937. The molecule has 0 saturated carbocycles. The van der Waals surface area contributed by atoms with Crippen LogP contribution >= 0.6 is 46.4 Å². The number of fused-ring (bicyclic) bond motifs is 2. The average Bonchev–Trinajstić information content (AvgIpc) is 1.40. The fourth-order valence-electron chi connectivity index (χ4n) is 15.3. The Morgan fingerprint density at radius 2 is 0.907 bits per heavy atom. The Morgan fingerprint density at radius 3 is 1.28 bits per heavy atom. The van der Waals surface area contributed by atoms with Crippen LogP contribution in [0.2, 0.25) is 40.6 Å². The van der Waals surface area contributed by atoms with Gasteiger partial charge in [0.15, 0.2) is 23.3 Å². The molecule has 12 N–H and O–H groups in total. The summed E-state index contributed by atoms with van der Waals surface area (Å²) < 4.78 is 24.5. The molecule has 0 bridgehead atoms. The number of halogens is 4. The highest BCUT2D eigenvalue weighted by Gasteiger charge is 2.44. The molecule has 0 radical (unpaired) electrons. The van der Waals surface area contributed by atoms with Crippen molar-refractivity contribution in [1.29, 1.82) is 0 Å². The molecule has 6 fully saturated rings. The van der Waals surface area contributed by atoms with Crippen LogP contribution in [0.3, 0.4) is 0 Å². The van der Waals surface area contributed by atoms with Crippen molar-refractivity contribution in [2.24, 2.45) is 16.0 Å². The predicted octanol–water partition coefficient (Wildman–Crippen LogP) is 9.38. The predicted molar refractivity (Wildman–Crippen MR) is 439 cm³/mol. The molecule has 14 heterocycles. The number of allylic oxidation sites excluding steroid dienone is 2. The molecular formula is C73H99B3Cl4N24O14. The van der Waals surface area contributed by atoms with E-state index >= 15 is 0 Å². The molecule has 8 aliphatic rings. The highest BCUT2D eigenvalue weighted by Crippen LogP contribution is 2.44. The molecule has 632 valence electrons. The normalized spacial score (nSPS) is 21.6. The number of amidine groups is 2. The summed E-state index contributed by atoms with van der Waals surface area (Å²) in [6.45, 7) is 23.6. The lowest BCUT2D eigenvalue weighted by Gasteiger charge is -2.33. The summed E-state index contributed by atoms with van der Waals surface area (Å²) in [4.78, 5) is 76.0. The minimum atomic E-state index is -0.830. The molecule has 16 rings (SSSR count). The van der Waals surface area contributed by atoms with Crippen molar-refractivity contribution >= 4 is 115 Å². The Kier molecular flexibility index (Phi) is 32.0. The second kappa shape index (κ2) is 41.7. The zero-order valence-corrected chi connectivity index (χ0v) is 70.4. The van der Waals surface area contributed by atoms with Gasteiger partial charge in [-0.05, 0) is 214 Å². The first-order valence-corrected chi connectivity index (χ1v) is 40.4. The molecule has 0 aliphatic carbocycles. The number of amides is 3. The second-order valence-electron chi connectivity index (χ2n) is 29.3. The topological polar surface area (TPSA) is 496 Å². The quantitative estimate of drug-likeness (QED) is 0.0168. The fraction of sp³-hybridized carbons (Fsp3) is 0.507. The Morgan fingerprint density at radius 1 is 0.517 bits per heavy atom. The van der Waals surface area contributed by atoms with Crippen LogP contribution < -0.4 is 27.0 Å². The maximum atomic E-state index is 13.9. The smallest absolute Gasteiger partial charge is 0.377 e. The van der Waals surface area contributed by atoms with Gasteiger partial charge in [0, 0.05) is 36.6 Å². The van der Waals surface area contributed by atoms with Gasteiger partial charge in [0.1, 0.15) is 53.5 Å². The largest absolute Gasteiger partial charge is 0.480 e. The molecule has 8 atom stereocenters. The summed E-state index contributed by atoms with van der Waals surface area (Å²) in [7, 11) is -1.72. The number of carboxylic acid groups (broad SMARTS) is 1. The lowest BCUT2D eigenvalue weighted by molar-refractivity contribution is -0.141. The molecule has 4 unspecified atom stereocenters. The van der Waals surface area contributed by atoms with E-state index in [-0.39, 0.29) is 53.6 Å². The number of oxime groups is 2. The number of anilines is 2. The van der Waals surface area contributed by atoms with Gasteiger partial charge in [-0.1, -0.05) is 89.5 Å². The van der Waals surface area contributed by atoms with Crippen molar-refractivity contribution < 1.29 is 67.9 Å². The van der Waals surface area contributed by atoms with E-state index in [0.29, 0.717) is 111 Å². The SMILES string of the molecule is C/C(N)=N\O.CB(O)N1CCC[C@H]1C(=O)N/C(C)=N/O.CB(O)N1CCC[C@H]1C(=O)O.CB(O)N1CCC[C@H]1c1nc(C)no1.CC1=C(C(=O)N2CCCC2c2nc(C)no2)C(c2ccc(Cl)c(Cl)c2)n2nccc2N1.CC1=C(C(=O)N2CCCC2c2nc(C)no2)C(c2ccc(Cl)c(Cl)c2)n2nccc2N1.Cc1noc([C@@H]2CCCN2)n1. The second-order valence-corrected chi connectivity index (χ2v) is 30.9. The standard InChI is InChI=1S/2C21H20Cl2N6O2.C8H16BN3O3.C8H14BN3O2.C7H11N3O.C6H12BNO3.C2H6N2O/c2*1-11-18(21(30)28-9-3-4-16(28)20-26-12(2)27-31-20)19(29-17(25-11)7-8-24-29)13-5-6-14(22)15(23)10-13;1-6(11-15)10-8(13)7-4-3-5-12(7)9(2)14;1-6-10-8(14-11-6)7-4-3-5-12(7)9(2)13;1-5-9-7(11-10-5)6-3-2-4-8-6;1-7(11)8-4-2-3-5(8)6(9)10;1-2(3)4-5/h2*5-8,10,16,19,25H,3-4,9H2,1-2H3;7,14-15H,3-5H2,1-2H3,(H,10,11,13);7,13H,3-5H2,1-2H3;6,8H,2-4H2,1H3;5,11H,2-4H2,1H3,(H,9,10);5H,1H3,(H2,3,4)/t;;2*7-;6-;5-;/m..0000./s1. The number of nitrogens with two attached hydrogens (primary N) is 1. The zero-order valence-electron chi connectivity index (χ0n) is 67.4. The van der Waals surface area contributed by atoms with Crippen molar-refractivity contribution in [2.45, 2.75) is 201 Å². The lowest BCUT2D eigenvalue weighted by Crippen LogP contribution is -2.49. The maximum absolute atomic E-state index is 13.9. The van der Waals surface area contributed by atoms with Crippen molar-refractivity contribution in [3.05, 3.63) is 162 Å². The van der Waals surface area contributed by atoms with Gasteiger partial charge in [0.2, 0.25) is 29.5 Å². The summed E-state index contributed by atoms with van der Waals surface area (Å²) in [5.41, 5.74) is 9.17. The number of benzene rings is 2. The lowest BCUT2D eigenvalue weighted by atomic mass is 9.84. The Labute approximate surface area is 702 Å². The van der Waals surface area contributed by atoms with E-state index in [0.717, 1.165) is 117 Å². The van der Waals surface area contributed by atoms with Gasteiger partial charge >= 0.3 is 27.1 Å². The van der Waals surface area contributed by atoms with Gasteiger partial charge in [-0.25, -0.2) is 9.36 Å². The number of likely N-dealkylation sites (tertiary alicyclic amines) is 2. The third-order valence-electron chi connectivity index (χ3n) is 20.7. The van der Waals surface area contributed by atoms with Crippen LogP contribution in [0.25, 0.3) is 0 Å². The van der Waals surface area contributed by atoms with Crippen LogP contribution in [-0.2, 0) is 19.2 Å². The van der Waals surface area contributed by atoms with E-state index in [1.807, 2.05) is 59.6 Å². The first-order valence-electron chi connectivity index (χ1n) is 38.8. The van der Waals surface area contributed by atoms with Gasteiger partial charge in [-0.15, -0.1) is 0 Å². The maximum Gasteiger partial charge on any atom is 0.377 e. The molecule has 45 heteroatoms. The number of carbonyl (C=O) groups excluding carboxylic acids is 3. The van der Waals surface area contributed by atoms with E-state index in [2.05, 4.69) is 82.3 Å². The first kappa shape index (κ1) is 90.5. The van der Waals surface area contributed by atoms with Gasteiger partial charge in [0.05, 0.1) is 61.8 Å². The number of carbonyl (C=O) groups is 4. The van der Waals surface area contributed by atoms with Crippen molar-refractivity contribution in [2.75, 3.05) is 49.9 Å². The number of carboxylic acids is 1. The monoisotopic (exact) mass is 1710 g/mol. The van der Waals surface area contributed by atoms with Gasteiger partial charge in [-0.2, -0.15) is 30.1 Å². The number of aryl methyl sites for hydroxylation is 4. The van der Waals surface area contributed by atoms with Crippen molar-refractivity contribution in [1.82, 2.24) is 95.0 Å². The summed E-state index contributed by atoms with van der Waals surface area (Å²) in [5.74, 6) is 5.47. The number of hydrogen-bond acceptors (Lipinski definition) is 31. The molecule has 3 amide bonds. The van der Waals surface area contributed by atoms with Crippen LogP contribution in [0, 0.1) is 27.7 Å². The van der Waals surface area contributed by atoms with Gasteiger partial charge in [0.25, 0.3) is 11.8 Å². The van der Waals surface area contributed by atoms with Crippen molar-refractivity contribution in [3.63, 3.8) is 0 Å². The molecule has 6 saturated heterocycles. The molecule has 0 spiro atoms. The van der Waals surface area contributed by atoms with E-state index in [1.165, 1.54) is 20.3 Å². The molecule has 8 aliphatic heterocycles. The summed E-state index contributed by atoms with van der Waals surface area (Å²) in [6.07, 6.45) is 14.2. The third-order valence-corrected chi connectivity index (χ3v) is 22.2. The number of rotatable bonds is 13. The highest BCUT2D eigenvalue weighted by molar-refractivity contribution is 6.46. The molecule has 8 aromatic rings. The van der Waals surface area contributed by atoms with Crippen LogP contribution in [0.5, 0.6) is 0 Å². The van der Waals surface area contributed by atoms with E-state index in [9.17, 15) is 29.2 Å². The number of nitrogens with zero attached hydrogens (tertiary/aromatic N) is 19. The Hall–Kier alpha value is -9.81. The van der Waals surface area contributed by atoms with E-state index < -0.39 is 45.2 Å². The van der Waals surface area contributed by atoms with E-state index in [4.69, 9.17) is 90.8 Å². The highest BCUT2D eigenvalue weighted by atomic mass is 35.5. The Balaban J connectivity index is 0.000000155. The average molecular weight is 1710 g/mol. The number of aromatic nitrogens is 12. The van der Waals surface area contributed by atoms with Crippen LogP contribution in [0.1, 0.15) is 199 Å². The van der Waals surface area contributed by atoms with Crippen LogP contribution in [-0.4, -0.2) is 223 Å². The van der Waals surface area contributed by atoms with E-state index in [1.54, 1.807) is 96.9 Å². The zero-order chi connectivity index (χ0) is 85.3. The molecule has 6 aromatic heterocycles. The van der Waals surface area contributed by atoms with Gasteiger partial charge in [-0.3, -0.25) is 19.2 Å². The number of nitrogens with one attached hydrogen (secondary N) is 4. The molecule has 118 heavy (non-hydrogen) atoms. The summed E-state index contributed by atoms with van der Waals surface area (Å²) in [6, 6.07) is 12.7. The van der Waals surface area contributed by atoms with Crippen LogP contribution in [0.4, 0.5) is 11.6 Å². The third kappa shape index (κ3) is 22.4. The summed E-state index contributed by atoms with van der Waals surface area (Å²) >= 11 is 24.9. The van der Waals surface area contributed by atoms with Crippen LogP contribution in [0.15, 0.2) is 112 Å². The van der Waals surface area contributed by atoms with Gasteiger partial charge < -0.3 is 99.9 Å². The molecular weight excluding hydrogens is 1610 g/mol. The first-order chi connectivity index (χ1) is 56.4. The number of hydrogen-bond donors (Lipinski definition) is 11. The fourth-order valence-corrected chi connectivity index (χ4v) is 15.9. The number of aliphatic carboxylic acids is 1. The van der Waals surface area contributed by atoms with Crippen molar-refractivity contribution in [3.8, 4) is 0 Å². The molecule has 2 aromatic carbocycles. The minimum Gasteiger partial charge on any atom is -0.480 e. The molecule has 38 nitrogen and oxygen atoms in total. The summed E-state index contributed by atoms with van der Waals surface area (Å²) in [5, 5.41) is 96.6.